The zero-order valence-electron chi connectivity index (χ0n) is 31.3. The minimum absolute atomic E-state index is 0.0311. The number of carbonyl (C=O) groups is 3. The smallest absolute Gasteiger partial charge is 0.340 e. The number of anilines is 4. The van der Waals surface area contributed by atoms with Crippen molar-refractivity contribution >= 4 is 58.4 Å². The van der Waals surface area contributed by atoms with Crippen molar-refractivity contribution < 1.29 is 42.9 Å². The van der Waals surface area contributed by atoms with Gasteiger partial charge in [0, 0.05) is 58.9 Å². The number of esters is 1. The van der Waals surface area contributed by atoms with Crippen LogP contribution in [0.25, 0.3) is 0 Å². The van der Waals surface area contributed by atoms with Crippen LogP contribution in [0, 0.1) is 11.6 Å². The molecule has 304 valence electrons. The van der Waals surface area contributed by atoms with Gasteiger partial charge in [-0.2, -0.15) is 9.67 Å². The summed E-state index contributed by atoms with van der Waals surface area (Å²) in [5.41, 5.74) is 7.00. The number of nitrogens with one attached hydrogen (secondary N) is 4. The summed E-state index contributed by atoms with van der Waals surface area (Å²) in [6.45, 7) is 0.999. The van der Waals surface area contributed by atoms with Gasteiger partial charge in [-0.25, -0.2) is 13.6 Å². The number of nitrogen functional groups attached to an aromatic ring is 1. The van der Waals surface area contributed by atoms with Crippen LogP contribution in [-0.2, 0) is 10.3 Å². The molecule has 0 saturated carbocycles. The highest BCUT2D eigenvalue weighted by Crippen LogP contribution is 2.57. The van der Waals surface area contributed by atoms with Crippen molar-refractivity contribution in [2.75, 3.05) is 29.5 Å². The number of nitrogens with zero attached hydrogens (tertiary/aromatic N) is 3. The van der Waals surface area contributed by atoms with E-state index in [1.54, 1.807) is 54.6 Å². The molecule has 1 amide bonds. The molecule has 0 radical (unpaired) electrons. The first-order chi connectivity index (χ1) is 28.9. The molecule has 0 unspecified atom stereocenters. The number of phenolic OH excluding ortho intramolecular Hbond substituents is 2. The van der Waals surface area contributed by atoms with Gasteiger partial charge in [-0.1, -0.05) is 12.1 Å². The number of carbonyl (C=O) groups excluding carboxylic acids is 3. The third kappa shape index (κ3) is 7.46. The Morgan fingerprint density at radius 1 is 0.800 bits per heavy atom. The van der Waals surface area contributed by atoms with Crippen LogP contribution >= 0.6 is 12.2 Å². The van der Waals surface area contributed by atoms with Gasteiger partial charge in [-0.3, -0.25) is 9.59 Å². The number of amides is 1. The highest BCUT2D eigenvalue weighted by molar-refractivity contribution is 7.80. The van der Waals surface area contributed by atoms with E-state index < -0.39 is 34.7 Å². The third-order valence-corrected chi connectivity index (χ3v) is 10.1. The summed E-state index contributed by atoms with van der Waals surface area (Å²) >= 11 is 5.50. The number of fused-ring (bicyclic) bond motifs is 6. The van der Waals surface area contributed by atoms with Crippen molar-refractivity contribution in [1.29, 1.82) is 0 Å². The number of aromatic nitrogens is 3. The van der Waals surface area contributed by atoms with Crippen molar-refractivity contribution in [2.24, 2.45) is 0 Å². The average molecular weight is 833 g/mol. The summed E-state index contributed by atoms with van der Waals surface area (Å²) in [6, 6.07) is 23.8. The Morgan fingerprint density at radius 2 is 1.42 bits per heavy atom. The molecule has 0 saturated heterocycles. The molecule has 8 rings (SSSR count). The van der Waals surface area contributed by atoms with Crippen LogP contribution in [0.1, 0.15) is 67.0 Å². The number of hydrogen-bond donors (Lipinski definition) is 7. The minimum Gasteiger partial charge on any atom is -0.508 e. The van der Waals surface area contributed by atoms with E-state index in [4.69, 9.17) is 27.4 Å². The van der Waals surface area contributed by atoms with Crippen molar-refractivity contribution in [1.82, 2.24) is 25.4 Å². The number of hydrogen-bond acceptors (Lipinski definition) is 12. The molecule has 60 heavy (non-hydrogen) atoms. The van der Waals surface area contributed by atoms with Crippen LogP contribution in [0.2, 0.25) is 0 Å². The molecule has 2 aliphatic heterocycles. The van der Waals surface area contributed by atoms with E-state index >= 15 is 0 Å². The molecule has 8 N–H and O–H groups in total. The highest BCUT2D eigenvalue weighted by Gasteiger charge is 2.53. The molecule has 1 aromatic heterocycles. The van der Waals surface area contributed by atoms with Gasteiger partial charge in [0.05, 0.1) is 5.56 Å². The standard InChI is InChI=1S/C42H34F2N8O7S/c43-31-5-4-6-32(44)35(31)37(56)52-39(45)50-40(51-52)48-23-9-7-22(8-10-23)36(55)46-17-2-1-3-18-47-41(60)49-24-11-14-28-27(19-24)38(57)59-42(28)29-15-12-25(53)20-33(29)58-34-21-26(54)13-16-30(34)42/h4-16,19-21,53-54H,1-3,17-18H2,(H,46,55)(H2,47,49,60)(H3,45,48,50,51). The maximum Gasteiger partial charge on any atom is 0.340 e. The summed E-state index contributed by atoms with van der Waals surface area (Å²) in [6.07, 6.45) is 2.27. The largest absolute Gasteiger partial charge is 0.508 e. The van der Waals surface area contributed by atoms with Crippen LogP contribution in [0.3, 0.4) is 0 Å². The fraction of sp³-hybridized carbons (Fsp3) is 0.143. The molecule has 0 atom stereocenters. The lowest BCUT2D eigenvalue weighted by Crippen LogP contribution is -2.33. The second-order valence-electron chi connectivity index (χ2n) is 13.8. The SMILES string of the molecule is Nc1nc(Nc2ccc(C(=O)NCCCCCNC(=S)Nc3ccc4c(c3)C(=O)OC43c4ccc(O)cc4Oc4cc(O)ccc43)cc2)nn1C(=O)c1c(F)cccc1F. The van der Waals surface area contributed by atoms with E-state index in [2.05, 4.69) is 31.3 Å². The van der Waals surface area contributed by atoms with Crippen LogP contribution in [-0.4, -0.2) is 61.0 Å². The Hall–Kier alpha value is -7.60. The molecule has 0 bridgehead atoms. The predicted octanol–water partition coefficient (Wildman–Crippen LogP) is 6.44. The normalized spacial score (nSPS) is 13.0. The highest BCUT2D eigenvalue weighted by atomic mass is 32.1. The van der Waals surface area contributed by atoms with E-state index in [0.717, 1.165) is 31.0 Å². The first kappa shape index (κ1) is 39.2. The van der Waals surface area contributed by atoms with Crippen LogP contribution < -0.4 is 31.7 Å². The summed E-state index contributed by atoms with van der Waals surface area (Å²) in [7, 11) is 0. The van der Waals surface area contributed by atoms with Crippen LogP contribution in [0.4, 0.5) is 32.1 Å². The van der Waals surface area contributed by atoms with Crippen molar-refractivity contribution in [3.63, 3.8) is 0 Å². The van der Waals surface area contributed by atoms with Gasteiger partial charge in [0.2, 0.25) is 11.9 Å². The fourth-order valence-electron chi connectivity index (χ4n) is 7.06. The lowest BCUT2D eigenvalue weighted by Gasteiger charge is -2.36. The molecule has 3 heterocycles. The Balaban J connectivity index is 0.787. The Morgan fingerprint density at radius 3 is 2.08 bits per heavy atom. The fourth-order valence-corrected chi connectivity index (χ4v) is 7.28. The van der Waals surface area contributed by atoms with Crippen molar-refractivity contribution in [3.05, 3.63) is 142 Å². The van der Waals surface area contributed by atoms with E-state index in [1.807, 2.05) is 0 Å². The molecule has 6 aromatic rings. The molecule has 2 aliphatic rings. The maximum atomic E-state index is 14.1. The molecule has 1 spiro atoms. The number of aromatic hydroxyl groups is 2. The van der Waals surface area contributed by atoms with E-state index in [1.165, 1.54) is 24.3 Å². The van der Waals surface area contributed by atoms with Gasteiger partial charge < -0.3 is 46.7 Å². The summed E-state index contributed by atoms with van der Waals surface area (Å²) in [5, 5.41) is 36.6. The summed E-state index contributed by atoms with van der Waals surface area (Å²) in [5.74, 6) is -4.03. The number of phenols is 2. The molecule has 0 aliphatic carbocycles. The molecular weight excluding hydrogens is 799 g/mol. The van der Waals surface area contributed by atoms with Gasteiger partial charge in [-0.15, -0.1) is 5.10 Å². The number of ether oxygens (including phenoxy) is 2. The number of benzene rings is 5. The van der Waals surface area contributed by atoms with Crippen molar-refractivity contribution in [3.8, 4) is 23.0 Å². The Labute approximate surface area is 345 Å². The van der Waals surface area contributed by atoms with Crippen molar-refractivity contribution in [2.45, 2.75) is 24.9 Å². The number of nitrogens with two attached hydrogens (primary N) is 1. The molecule has 18 heteroatoms. The topological polar surface area (TPSA) is 215 Å². The predicted molar refractivity (Wildman–Crippen MR) is 219 cm³/mol. The first-order valence-electron chi connectivity index (χ1n) is 18.6. The number of thiocarbonyl (C=S) groups is 1. The summed E-state index contributed by atoms with van der Waals surface area (Å²) in [4.78, 5) is 42.7. The monoisotopic (exact) mass is 832 g/mol. The second kappa shape index (κ2) is 16.0. The second-order valence-corrected chi connectivity index (χ2v) is 14.2. The van der Waals surface area contributed by atoms with Gasteiger partial charge in [0.15, 0.2) is 10.7 Å². The van der Waals surface area contributed by atoms with Crippen LogP contribution in [0.5, 0.6) is 23.0 Å². The zero-order valence-corrected chi connectivity index (χ0v) is 32.1. The number of rotatable bonds is 11. The minimum atomic E-state index is -1.36. The maximum absolute atomic E-state index is 14.1. The van der Waals surface area contributed by atoms with Gasteiger partial charge in [0.1, 0.15) is 40.2 Å². The molecular formula is C42H34F2N8O7S. The van der Waals surface area contributed by atoms with E-state index in [0.29, 0.717) is 80.0 Å². The quantitative estimate of drug-likeness (QED) is 0.0426. The third-order valence-electron chi connectivity index (χ3n) is 9.86. The lowest BCUT2D eigenvalue weighted by molar-refractivity contribution is 0.0224. The first-order valence-corrected chi connectivity index (χ1v) is 19.0. The molecule has 15 nitrogen and oxygen atoms in total. The molecule has 0 fully saturated rings. The molecule has 5 aromatic carbocycles. The Bertz CT molecular complexity index is 2640. The van der Waals surface area contributed by atoms with Gasteiger partial charge in [-0.05, 0) is 104 Å². The van der Waals surface area contributed by atoms with Crippen LogP contribution in [0.15, 0.2) is 97.1 Å². The van der Waals surface area contributed by atoms with Gasteiger partial charge in [0.25, 0.3) is 11.8 Å². The van der Waals surface area contributed by atoms with E-state index in [9.17, 15) is 33.4 Å². The number of halogens is 2. The Kier molecular flexibility index (Phi) is 10.4. The zero-order chi connectivity index (χ0) is 42.1. The van der Waals surface area contributed by atoms with E-state index in [-0.39, 0.29) is 29.3 Å². The summed E-state index contributed by atoms with van der Waals surface area (Å²) < 4.78 is 40.9. The lowest BCUT2D eigenvalue weighted by atomic mass is 9.77. The average Bonchev–Trinajstić information content (AvgIpc) is 3.72. The number of unbranched alkanes of at least 4 members (excludes halogenated alkanes) is 2. The van der Waals surface area contributed by atoms with Gasteiger partial charge >= 0.3 is 5.97 Å².